The zero-order valence-electron chi connectivity index (χ0n) is 11.9. The fraction of sp³-hybridized carbons (Fsp3) is 0.357. The van der Waals surface area contributed by atoms with Crippen molar-refractivity contribution >= 4 is 22.6 Å². The predicted octanol–water partition coefficient (Wildman–Crippen LogP) is 1.84. The molecule has 2 aromatic rings. The van der Waals surface area contributed by atoms with Crippen LogP contribution in [0.1, 0.15) is 19.9 Å². The van der Waals surface area contributed by atoms with Gasteiger partial charge in [0.25, 0.3) is 5.91 Å². The molecule has 0 spiro atoms. The Morgan fingerprint density at radius 1 is 1.38 bits per heavy atom. The molecule has 0 aromatic carbocycles. The van der Waals surface area contributed by atoms with Crippen molar-refractivity contribution in [2.75, 3.05) is 18.5 Å². The van der Waals surface area contributed by atoms with Gasteiger partial charge in [-0.05, 0) is 19.9 Å². The minimum atomic E-state index is -0.355. The first-order valence-electron chi connectivity index (χ1n) is 6.74. The lowest BCUT2D eigenvalue weighted by atomic mass is 10.3. The molecule has 0 saturated carbocycles. The summed E-state index contributed by atoms with van der Waals surface area (Å²) in [7, 11) is 0. The van der Waals surface area contributed by atoms with Crippen molar-refractivity contribution in [2.45, 2.75) is 19.9 Å². The van der Waals surface area contributed by atoms with E-state index in [1.165, 1.54) is 6.26 Å². The van der Waals surface area contributed by atoms with Gasteiger partial charge >= 0.3 is 0 Å². The van der Waals surface area contributed by atoms with Crippen molar-refractivity contribution in [2.24, 2.45) is 0 Å². The third kappa shape index (κ3) is 2.67. The molecule has 3 rings (SSSR count). The summed E-state index contributed by atoms with van der Waals surface area (Å²) in [6.45, 7) is 4.91. The van der Waals surface area contributed by atoms with Crippen molar-refractivity contribution in [1.82, 2.24) is 14.8 Å². The second-order valence-electron chi connectivity index (χ2n) is 4.98. The van der Waals surface area contributed by atoms with Crippen LogP contribution in [0.2, 0.25) is 0 Å². The van der Waals surface area contributed by atoms with Gasteiger partial charge in [-0.15, -0.1) is 0 Å². The summed E-state index contributed by atoms with van der Waals surface area (Å²) in [5.74, 6) is -0.189. The van der Waals surface area contributed by atoms with Crippen molar-refractivity contribution in [1.29, 1.82) is 0 Å². The predicted molar refractivity (Wildman–Crippen MR) is 76.5 cm³/mol. The monoisotopic (exact) mass is 288 g/mol. The molecule has 1 aliphatic heterocycles. The molecule has 110 valence electrons. The fourth-order valence-electron chi connectivity index (χ4n) is 2.07. The maximum Gasteiger partial charge on any atom is 0.294 e. The number of fused-ring (bicyclic) bond motifs is 1. The number of nitrogens with zero attached hydrogens (tertiary/aromatic N) is 3. The summed E-state index contributed by atoms with van der Waals surface area (Å²) >= 11 is 0. The topological polar surface area (TPSA) is 78.3 Å². The van der Waals surface area contributed by atoms with E-state index in [4.69, 9.17) is 9.47 Å². The quantitative estimate of drug-likeness (QED) is 0.932. The molecular weight excluding hydrogens is 272 g/mol. The first-order chi connectivity index (χ1) is 10.1. The summed E-state index contributed by atoms with van der Waals surface area (Å²) in [4.78, 5) is 16.3. The highest BCUT2D eigenvalue weighted by atomic mass is 16.6. The summed E-state index contributed by atoms with van der Waals surface area (Å²) in [6, 6.07) is 2.06. The van der Waals surface area contributed by atoms with E-state index in [1.54, 1.807) is 12.4 Å². The van der Waals surface area contributed by atoms with Crippen LogP contribution in [0.25, 0.3) is 11.0 Å². The smallest absolute Gasteiger partial charge is 0.294 e. The van der Waals surface area contributed by atoms with Gasteiger partial charge in [-0.3, -0.25) is 4.79 Å². The van der Waals surface area contributed by atoms with Gasteiger partial charge in [-0.2, -0.15) is 5.10 Å². The summed E-state index contributed by atoms with van der Waals surface area (Å²) < 4.78 is 12.1. The average Bonchev–Trinajstić information content (AvgIpc) is 2.91. The standard InChI is InChI=1S/C14H16N4O3/c1-9(2)18-13-10(6-16-18)5-11(7-15-13)17-14(19)12-8-20-3-4-21-12/h5-9H,3-4H2,1-2H3,(H,17,19). The number of amides is 1. The zero-order valence-corrected chi connectivity index (χ0v) is 11.9. The van der Waals surface area contributed by atoms with Crippen LogP contribution in [-0.4, -0.2) is 33.9 Å². The van der Waals surface area contributed by atoms with Crippen molar-refractivity contribution in [3.63, 3.8) is 0 Å². The number of ether oxygens (including phenoxy) is 2. The van der Waals surface area contributed by atoms with Crippen LogP contribution in [0, 0.1) is 0 Å². The molecule has 7 nitrogen and oxygen atoms in total. The summed E-state index contributed by atoms with van der Waals surface area (Å²) in [6.07, 6.45) is 4.66. The molecule has 0 aliphatic carbocycles. The molecule has 1 aliphatic rings. The van der Waals surface area contributed by atoms with Crippen LogP contribution in [-0.2, 0) is 14.3 Å². The van der Waals surface area contributed by atoms with Crippen LogP contribution in [0.15, 0.2) is 30.5 Å². The molecule has 0 saturated heterocycles. The molecule has 1 N–H and O–H groups in total. The molecule has 0 bridgehead atoms. The van der Waals surface area contributed by atoms with Gasteiger partial charge in [0.05, 0.1) is 18.1 Å². The normalized spacial score (nSPS) is 14.5. The van der Waals surface area contributed by atoms with Crippen LogP contribution in [0.3, 0.4) is 0 Å². The number of carbonyl (C=O) groups is 1. The van der Waals surface area contributed by atoms with E-state index in [1.807, 2.05) is 24.6 Å². The number of hydrogen-bond donors (Lipinski definition) is 1. The average molecular weight is 288 g/mol. The molecule has 7 heteroatoms. The summed E-state index contributed by atoms with van der Waals surface area (Å²) in [5.41, 5.74) is 1.38. The molecule has 0 fully saturated rings. The van der Waals surface area contributed by atoms with Gasteiger partial charge in [0.15, 0.2) is 5.65 Å². The molecular formula is C14H16N4O3. The van der Waals surface area contributed by atoms with Crippen molar-refractivity contribution < 1.29 is 14.3 Å². The number of carbonyl (C=O) groups excluding carboxylic acids is 1. The highest BCUT2D eigenvalue weighted by Gasteiger charge is 2.16. The molecule has 0 radical (unpaired) electrons. The maximum absolute atomic E-state index is 12.0. The second-order valence-corrected chi connectivity index (χ2v) is 4.98. The van der Waals surface area contributed by atoms with Gasteiger partial charge in [0, 0.05) is 11.4 Å². The number of pyridine rings is 1. The number of anilines is 1. The third-order valence-electron chi connectivity index (χ3n) is 3.05. The zero-order chi connectivity index (χ0) is 14.8. The molecule has 21 heavy (non-hydrogen) atoms. The Labute approximate surface area is 121 Å². The van der Waals surface area contributed by atoms with Gasteiger partial charge in [-0.25, -0.2) is 9.67 Å². The summed E-state index contributed by atoms with van der Waals surface area (Å²) in [5, 5.41) is 7.89. The maximum atomic E-state index is 12.0. The van der Waals surface area contributed by atoms with E-state index < -0.39 is 0 Å². The Balaban J connectivity index is 1.81. The van der Waals surface area contributed by atoms with E-state index >= 15 is 0 Å². The molecule has 3 heterocycles. The minimum Gasteiger partial charge on any atom is -0.494 e. The van der Waals surface area contributed by atoms with Gasteiger partial charge in [-0.1, -0.05) is 0 Å². The number of nitrogens with one attached hydrogen (secondary N) is 1. The Morgan fingerprint density at radius 2 is 2.24 bits per heavy atom. The molecule has 2 aromatic heterocycles. The number of rotatable bonds is 3. The van der Waals surface area contributed by atoms with Crippen LogP contribution in [0.5, 0.6) is 0 Å². The van der Waals surface area contributed by atoms with Crippen LogP contribution < -0.4 is 5.32 Å². The fourth-order valence-corrected chi connectivity index (χ4v) is 2.07. The Bertz CT molecular complexity index is 705. The highest BCUT2D eigenvalue weighted by Crippen LogP contribution is 2.19. The highest BCUT2D eigenvalue weighted by molar-refractivity contribution is 6.02. The van der Waals surface area contributed by atoms with Gasteiger partial charge < -0.3 is 14.8 Å². The molecule has 0 atom stereocenters. The lowest BCUT2D eigenvalue weighted by Crippen LogP contribution is -2.21. The molecule has 1 amide bonds. The van der Waals surface area contributed by atoms with E-state index in [2.05, 4.69) is 15.4 Å². The van der Waals surface area contributed by atoms with Gasteiger partial charge in [0.2, 0.25) is 5.76 Å². The van der Waals surface area contributed by atoms with E-state index in [0.717, 1.165) is 11.0 Å². The second kappa shape index (κ2) is 5.43. The number of hydrogen-bond acceptors (Lipinski definition) is 5. The van der Waals surface area contributed by atoms with Gasteiger partial charge in [0.1, 0.15) is 19.5 Å². The van der Waals surface area contributed by atoms with Crippen molar-refractivity contribution in [3.05, 3.63) is 30.5 Å². The van der Waals surface area contributed by atoms with Crippen LogP contribution >= 0.6 is 0 Å². The lowest BCUT2D eigenvalue weighted by molar-refractivity contribution is -0.117. The van der Waals surface area contributed by atoms with Crippen LogP contribution in [0.4, 0.5) is 5.69 Å². The van der Waals surface area contributed by atoms with E-state index in [9.17, 15) is 4.79 Å². The SMILES string of the molecule is CC(C)n1ncc2cc(NC(=O)C3=COCCO3)cnc21. The van der Waals surface area contributed by atoms with E-state index in [0.29, 0.717) is 18.9 Å². The first kappa shape index (κ1) is 13.4. The van der Waals surface area contributed by atoms with E-state index in [-0.39, 0.29) is 17.7 Å². The Morgan fingerprint density at radius 3 is 2.95 bits per heavy atom. The Hall–Kier alpha value is -2.57. The Kier molecular flexibility index (Phi) is 3.47. The molecule has 0 unspecified atom stereocenters. The largest absolute Gasteiger partial charge is 0.494 e. The first-order valence-corrected chi connectivity index (χ1v) is 6.74. The van der Waals surface area contributed by atoms with Crippen molar-refractivity contribution in [3.8, 4) is 0 Å². The minimum absolute atomic E-state index is 0.166. The third-order valence-corrected chi connectivity index (χ3v) is 3.05. The lowest BCUT2D eigenvalue weighted by Gasteiger charge is -2.15. The number of aromatic nitrogens is 3.